The summed E-state index contributed by atoms with van der Waals surface area (Å²) in [6.45, 7) is 7.94. The van der Waals surface area contributed by atoms with Gasteiger partial charge in [-0.1, -0.05) is 6.07 Å². The molecular formula is C19H31N3O4. The Morgan fingerprint density at radius 3 is 2.62 bits per heavy atom. The van der Waals surface area contributed by atoms with Gasteiger partial charge in [-0.3, -0.25) is 9.69 Å². The molecule has 0 saturated carbocycles. The standard InChI is InChI=1S/C19H31N3O4/c1-4-25-19(23)16(20)13-15-5-6-17(18(14-15)24-3)26-12-11-22-9-7-21(2)8-10-22/h5-6,14,16H,4,7-13,20H2,1-3H3. The number of carbonyl (C=O) groups is 1. The Labute approximate surface area is 156 Å². The molecule has 0 amide bonds. The van der Waals surface area contributed by atoms with Crippen LogP contribution in [-0.2, 0) is 16.0 Å². The maximum Gasteiger partial charge on any atom is 0.323 e. The molecule has 0 radical (unpaired) electrons. The lowest BCUT2D eigenvalue weighted by Gasteiger charge is -2.32. The van der Waals surface area contributed by atoms with Crippen molar-refractivity contribution in [3.05, 3.63) is 23.8 Å². The lowest BCUT2D eigenvalue weighted by Crippen LogP contribution is -2.45. The zero-order valence-electron chi connectivity index (χ0n) is 16.1. The smallest absolute Gasteiger partial charge is 0.323 e. The van der Waals surface area contributed by atoms with E-state index < -0.39 is 6.04 Å². The third-order valence-electron chi connectivity index (χ3n) is 4.53. The minimum absolute atomic E-state index is 0.329. The zero-order valence-corrected chi connectivity index (χ0v) is 16.1. The molecule has 0 aromatic heterocycles. The largest absolute Gasteiger partial charge is 0.493 e. The van der Waals surface area contributed by atoms with E-state index in [0.717, 1.165) is 38.3 Å². The minimum Gasteiger partial charge on any atom is -0.493 e. The van der Waals surface area contributed by atoms with Crippen LogP contribution in [0.1, 0.15) is 12.5 Å². The molecule has 1 aromatic rings. The number of carbonyl (C=O) groups excluding carboxylic acids is 1. The summed E-state index contributed by atoms with van der Waals surface area (Å²) in [5.74, 6) is 0.964. The molecule has 1 heterocycles. The van der Waals surface area contributed by atoms with Gasteiger partial charge in [0.2, 0.25) is 0 Å². The van der Waals surface area contributed by atoms with Gasteiger partial charge >= 0.3 is 5.97 Å². The monoisotopic (exact) mass is 365 g/mol. The number of hydrogen-bond donors (Lipinski definition) is 1. The fourth-order valence-corrected chi connectivity index (χ4v) is 2.90. The summed E-state index contributed by atoms with van der Waals surface area (Å²) in [5.41, 5.74) is 6.79. The summed E-state index contributed by atoms with van der Waals surface area (Å²) >= 11 is 0. The summed E-state index contributed by atoms with van der Waals surface area (Å²) < 4.78 is 16.3. The quantitative estimate of drug-likeness (QED) is 0.647. The van der Waals surface area contributed by atoms with Crippen molar-refractivity contribution in [2.75, 3.05) is 60.1 Å². The maximum absolute atomic E-state index is 11.7. The summed E-state index contributed by atoms with van der Waals surface area (Å²) in [5, 5.41) is 0. The molecule has 1 saturated heterocycles. The molecule has 1 fully saturated rings. The molecule has 7 nitrogen and oxygen atoms in total. The van der Waals surface area contributed by atoms with Crippen LogP contribution in [0.3, 0.4) is 0 Å². The van der Waals surface area contributed by atoms with Gasteiger partial charge in [0, 0.05) is 32.7 Å². The number of hydrogen-bond acceptors (Lipinski definition) is 7. The SMILES string of the molecule is CCOC(=O)C(N)Cc1ccc(OCCN2CCN(C)CC2)c(OC)c1. The number of likely N-dealkylation sites (N-methyl/N-ethyl adjacent to an activating group) is 1. The van der Waals surface area contributed by atoms with E-state index in [4.69, 9.17) is 19.9 Å². The van der Waals surface area contributed by atoms with Gasteiger partial charge in [0.1, 0.15) is 12.6 Å². The third kappa shape index (κ3) is 6.16. The number of esters is 1. The van der Waals surface area contributed by atoms with E-state index in [-0.39, 0.29) is 5.97 Å². The average molecular weight is 365 g/mol. The summed E-state index contributed by atoms with van der Waals surface area (Å²) in [6.07, 6.45) is 0.400. The summed E-state index contributed by atoms with van der Waals surface area (Å²) in [4.78, 5) is 16.4. The van der Waals surface area contributed by atoms with E-state index in [1.54, 1.807) is 14.0 Å². The van der Waals surface area contributed by atoms with E-state index in [1.165, 1.54) is 0 Å². The predicted octanol–water partition coefficient (Wildman–Crippen LogP) is 0.754. The second kappa shape index (κ2) is 10.4. The number of nitrogens with zero attached hydrogens (tertiary/aromatic N) is 2. The number of benzene rings is 1. The molecule has 0 bridgehead atoms. The fourth-order valence-electron chi connectivity index (χ4n) is 2.90. The van der Waals surface area contributed by atoms with Crippen LogP contribution in [0.2, 0.25) is 0 Å². The number of nitrogens with two attached hydrogens (primary N) is 1. The highest BCUT2D eigenvalue weighted by atomic mass is 16.5. The lowest BCUT2D eigenvalue weighted by atomic mass is 10.1. The van der Waals surface area contributed by atoms with Gasteiger partial charge in [-0.2, -0.15) is 0 Å². The first-order valence-corrected chi connectivity index (χ1v) is 9.16. The Bertz CT molecular complexity index is 574. The van der Waals surface area contributed by atoms with Crippen molar-refractivity contribution in [1.29, 1.82) is 0 Å². The second-order valence-electron chi connectivity index (χ2n) is 6.54. The van der Waals surface area contributed by atoms with E-state index in [2.05, 4.69) is 16.8 Å². The minimum atomic E-state index is -0.677. The predicted molar refractivity (Wildman–Crippen MR) is 101 cm³/mol. The zero-order chi connectivity index (χ0) is 18.9. The van der Waals surface area contributed by atoms with E-state index >= 15 is 0 Å². The number of ether oxygens (including phenoxy) is 3. The van der Waals surface area contributed by atoms with Gasteiger partial charge in [-0.05, 0) is 38.1 Å². The van der Waals surface area contributed by atoms with Crippen LogP contribution in [0.15, 0.2) is 18.2 Å². The molecule has 7 heteroatoms. The Morgan fingerprint density at radius 1 is 1.23 bits per heavy atom. The highest BCUT2D eigenvalue weighted by molar-refractivity contribution is 5.75. The van der Waals surface area contributed by atoms with Gasteiger partial charge in [0.05, 0.1) is 13.7 Å². The first-order chi connectivity index (χ1) is 12.5. The molecule has 1 atom stereocenters. The number of piperazine rings is 1. The molecule has 26 heavy (non-hydrogen) atoms. The van der Waals surface area contributed by atoms with Crippen molar-refractivity contribution in [3.8, 4) is 11.5 Å². The fraction of sp³-hybridized carbons (Fsp3) is 0.632. The molecule has 1 unspecified atom stereocenters. The maximum atomic E-state index is 11.7. The van der Waals surface area contributed by atoms with E-state index in [1.807, 2.05) is 18.2 Å². The highest BCUT2D eigenvalue weighted by Crippen LogP contribution is 2.28. The van der Waals surface area contributed by atoms with Crippen molar-refractivity contribution in [2.45, 2.75) is 19.4 Å². The van der Waals surface area contributed by atoms with Crippen LogP contribution < -0.4 is 15.2 Å². The van der Waals surface area contributed by atoms with Crippen molar-refractivity contribution in [1.82, 2.24) is 9.80 Å². The Balaban J connectivity index is 1.86. The van der Waals surface area contributed by atoms with Crippen molar-refractivity contribution >= 4 is 5.97 Å². The van der Waals surface area contributed by atoms with Crippen LogP contribution in [0, 0.1) is 0 Å². The third-order valence-corrected chi connectivity index (χ3v) is 4.53. The van der Waals surface area contributed by atoms with Crippen LogP contribution >= 0.6 is 0 Å². The second-order valence-corrected chi connectivity index (χ2v) is 6.54. The van der Waals surface area contributed by atoms with Gasteiger partial charge in [-0.15, -0.1) is 0 Å². The first-order valence-electron chi connectivity index (χ1n) is 9.16. The summed E-state index contributed by atoms with van der Waals surface area (Å²) in [7, 11) is 3.76. The number of rotatable bonds is 9. The molecule has 1 aliphatic rings. The summed E-state index contributed by atoms with van der Waals surface area (Å²) in [6, 6.07) is 4.97. The van der Waals surface area contributed by atoms with Gasteiger partial charge in [0.15, 0.2) is 11.5 Å². The highest BCUT2D eigenvalue weighted by Gasteiger charge is 2.17. The molecule has 0 spiro atoms. The lowest BCUT2D eigenvalue weighted by molar-refractivity contribution is -0.144. The van der Waals surface area contributed by atoms with E-state index in [9.17, 15) is 4.79 Å². The van der Waals surface area contributed by atoms with Gasteiger partial charge < -0.3 is 24.8 Å². The molecule has 146 valence electrons. The van der Waals surface area contributed by atoms with Crippen molar-refractivity contribution < 1.29 is 19.0 Å². The van der Waals surface area contributed by atoms with Crippen molar-refractivity contribution in [3.63, 3.8) is 0 Å². The normalized spacial score (nSPS) is 16.9. The van der Waals surface area contributed by atoms with Crippen LogP contribution in [0.25, 0.3) is 0 Å². The topological polar surface area (TPSA) is 77.3 Å². The van der Waals surface area contributed by atoms with Crippen LogP contribution in [-0.4, -0.2) is 81.9 Å². The Morgan fingerprint density at radius 2 is 1.96 bits per heavy atom. The average Bonchev–Trinajstić information content (AvgIpc) is 2.64. The molecule has 1 aliphatic heterocycles. The van der Waals surface area contributed by atoms with Gasteiger partial charge in [-0.25, -0.2) is 0 Å². The van der Waals surface area contributed by atoms with Crippen molar-refractivity contribution in [2.24, 2.45) is 5.73 Å². The molecule has 2 N–H and O–H groups in total. The Kier molecular flexibility index (Phi) is 8.15. The number of methoxy groups -OCH3 is 1. The first kappa shape index (κ1) is 20.5. The van der Waals surface area contributed by atoms with Crippen LogP contribution in [0.5, 0.6) is 11.5 Å². The molecule has 1 aromatic carbocycles. The Hall–Kier alpha value is -1.83. The van der Waals surface area contributed by atoms with E-state index in [0.29, 0.717) is 31.1 Å². The van der Waals surface area contributed by atoms with Gasteiger partial charge in [0.25, 0.3) is 0 Å². The molecule has 0 aliphatic carbocycles. The molecule has 2 rings (SSSR count). The molecular weight excluding hydrogens is 334 g/mol. The van der Waals surface area contributed by atoms with Crippen LogP contribution in [0.4, 0.5) is 0 Å².